The van der Waals surface area contributed by atoms with Gasteiger partial charge in [0.25, 0.3) is 0 Å². The number of carbonyl (C=O) groups excluding carboxylic acids is 1. The Morgan fingerprint density at radius 2 is 1.66 bits per heavy atom. The lowest BCUT2D eigenvalue weighted by atomic mass is 9.89. The van der Waals surface area contributed by atoms with Crippen LogP contribution in [-0.4, -0.2) is 26.2 Å². The molecule has 1 atom stereocenters. The van der Waals surface area contributed by atoms with Crippen molar-refractivity contribution in [3.63, 3.8) is 0 Å². The molecule has 2 heterocycles. The number of esters is 1. The second kappa shape index (κ2) is 8.47. The molecule has 0 saturated heterocycles. The van der Waals surface area contributed by atoms with Gasteiger partial charge in [0.2, 0.25) is 5.95 Å². The van der Waals surface area contributed by atoms with E-state index < -0.39 is 12.0 Å². The number of hydrogen-bond acceptors (Lipinski definition) is 6. The summed E-state index contributed by atoms with van der Waals surface area (Å²) in [7, 11) is 0. The standard InChI is InChI=1S/C25H21N5O2/c1-17-22(24(31)32-16-18-10-4-2-5-11-18)23(30-25(26-17)27-28-29-30)21-15-9-8-14-20(21)19-12-6-3-7-13-19/h2-15,23H,16H2,1H3,(H,26,27,29). The van der Waals surface area contributed by atoms with Crippen molar-refractivity contribution in [1.82, 2.24) is 20.2 Å². The molecule has 1 aromatic heterocycles. The Balaban J connectivity index is 1.57. The topological polar surface area (TPSA) is 81.9 Å². The van der Waals surface area contributed by atoms with Gasteiger partial charge in [-0.05, 0) is 39.6 Å². The summed E-state index contributed by atoms with van der Waals surface area (Å²) < 4.78 is 7.34. The third kappa shape index (κ3) is 3.65. The second-order valence-electron chi connectivity index (χ2n) is 7.53. The van der Waals surface area contributed by atoms with Crippen LogP contribution in [0.3, 0.4) is 0 Å². The highest BCUT2D eigenvalue weighted by Gasteiger charge is 2.36. The third-order valence-corrected chi connectivity index (χ3v) is 5.49. The van der Waals surface area contributed by atoms with Crippen molar-refractivity contribution in [2.24, 2.45) is 0 Å². The number of allylic oxidation sites excluding steroid dienone is 1. The first-order chi connectivity index (χ1) is 15.7. The van der Waals surface area contributed by atoms with Crippen LogP contribution >= 0.6 is 0 Å². The lowest BCUT2D eigenvalue weighted by Crippen LogP contribution is -2.30. The number of ether oxygens (including phenoxy) is 1. The first-order valence-electron chi connectivity index (χ1n) is 10.3. The summed E-state index contributed by atoms with van der Waals surface area (Å²) in [5.41, 5.74) is 5.03. The molecule has 1 aliphatic rings. The second-order valence-corrected chi connectivity index (χ2v) is 7.53. The number of aromatic nitrogens is 4. The lowest BCUT2D eigenvalue weighted by Gasteiger charge is -2.28. The van der Waals surface area contributed by atoms with E-state index in [9.17, 15) is 4.79 Å². The molecule has 158 valence electrons. The molecule has 32 heavy (non-hydrogen) atoms. The summed E-state index contributed by atoms with van der Waals surface area (Å²) in [6, 6.07) is 27.1. The summed E-state index contributed by atoms with van der Waals surface area (Å²) >= 11 is 0. The van der Waals surface area contributed by atoms with Crippen LogP contribution in [0.25, 0.3) is 11.1 Å². The molecule has 0 aliphatic carbocycles. The smallest absolute Gasteiger partial charge is 0.338 e. The maximum absolute atomic E-state index is 13.3. The van der Waals surface area contributed by atoms with Gasteiger partial charge in [-0.2, -0.15) is 4.68 Å². The molecular weight excluding hydrogens is 402 g/mol. The van der Waals surface area contributed by atoms with E-state index in [2.05, 4.69) is 20.8 Å². The SMILES string of the molecule is CC1=C(C(=O)OCc2ccccc2)C(c2ccccc2-c2ccccc2)n2nnnc2N1. The molecule has 1 aliphatic heterocycles. The minimum atomic E-state index is -0.527. The van der Waals surface area contributed by atoms with Crippen molar-refractivity contribution in [2.45, 2.75) is 19.6 Å². The number of carbonyl (C=O) groups is 1. The predicted molar refractivity (Wildman–Crippen MR) is 120 cm³/mol. The van der Waals surface area contributed by atoms with Crippen LogP contribution in [0.15, 0.2) is 96.2 Å². The Labute approximate surface area is 185 Å². The molecule has 7 heteroatoms. The van der Waals surface area contributed by atoms with Crippen molar-refractivity contribution in [1.29, 1.82) is 0 Å². The molecule has 0 fully saturated rings. The Bertz CT molecular complexity index is 1280. The van der Waals surface area contributed by atoms with Gasteiger partial charge in [-0.15, -0.1) is 0 Å². The van der Waals surface area contributed by atoms with Crippen LogP contribution in [0, 0.1) is 0 Å². The number of rotatable bonds is 5. The van der Waals surface area contributed by atoms with Gasteiger partial charge < -0.3 is 10.1 Å². The van der Waals surface area contributed by atoms with Crippen LogP contribution < -0.4 is 5.32 Å². The molecule has 5 rings (SSSR count). The fourth-order valence-electron chi connectivity index (χ4n) is 3.98. The monoisotopic (exact) mass is 423 g/mol. The molecule has 0 amide bonds. The number of nitrogens with zero attached hydrogens (tertiary/aromatic N) is 4. The minimum Gasteiger partial charge on any atom is -0.457 e. The first kappa shape index (κ1) is 19.7. The molecule has 1 N–H and O–H groups in total. The molecule has 7 nitrogen and oxygen atoms in total. The molecule has 4 aromatic rings. The molecule has 0 saturated carbocycles. The van der Waals surface area contributed by atoms with E-state index in [4.69, 9.17) is 4.74 Å². The molecule has 0 spiro atoms. The lowest BCUT2D eigenvalue weighted by molar-refractivity contribution is -0.140. The van der Waals surface area contributed by atoms with Crippen LogP contribution in [0.4, 0.5) is 5.95 Å². The first-order valence-corrected chi connectivity index (χ1v) is 10.3. The van der Waals surface area contributed by atoms with E-state index in [1.54, 1.807) is 4.68 Å². The van der Waals surface area contributed by atoms with Gasteiger partial charge in [-0.25, -0.2) is 4.79 Å². The maximum Gasteiger partial charge on any atom is 0.338 e. The van der Waals surface area contributed by atoms with Crippen molar-refractivity contribution >= 4 is 11.9 Å². The average molecular weight is 423 g/mol. The van der Waals surface area contributed by atoms with E-state index in [0.29, 0.717) is 17.2 Å². The quantitative estimate of drug-likeness (QED) is 0.480. The van der Waals surface area contributed by atoms with Crippen molar-refractivity contribution in [2.75, 3.05) is 5.32 Å². The van der Waals surface area contributed by atoms with E-state index in [-0.39, 0.29) is 6.61 Å². The molecule has 0 radical (unpaired) electrons. The summed E-state index contributed by atoms with van der Waals surface area (Å²) in [6.45, 7) is 2.03. The zero-order valence-electron chi connectivity index (χ0n) is 17.5. The van der Waals surface area contributed by atoms with Gasteiger partial charge in [-0.3, -0.25) is 0 Å². The van der Waals surface area contributed by atoms with E-state index in [1.165, 1.54) is 0 Å². The number of anilines is 1. The van der Waals surface area contributed by atoms with Crippen LogP contribution in [0.5, 0.6) is 0 Å². The van der Waals surface area contributed by atoms with Gasteiger partial charge in [0.05, 0.1) is 5.57 Å². The minimum absolute atomic E-state index is 0.186. The fraction of sp³-hybridized carbons (Fsp3) is 0.120. The van der Waals surface area contributed by atoms with Crippen LogP contribution in [-0.2, 0) is 16.1 Å². The van der Waals surface area contributed by atoms with Crippen LogP contribution in [0.1, 0.15) is 24.1 Å². The highest BCUT2D eigenvalue weighted by molar-refractivity contribution is 5.93. The normalized spacial score (nSPS) is 15.1. The van der Waals surface area contributed by atoms with Gasteiger partial charge in [0.15, 0.2) is 0 Å². The number of nitrogens with one attached hydrogen (secondary N) is 1. The molecule has 3 aromatic carbocycles. The van der Waals surface area contributed by atoms with Gasteiger partial charge in [0, 0.05) is 5.70 Å². The average Bonchev–Trinajstić information content (AvgIpc) is 3.31. The van der Waals surface area contributed by atoms with Gasteiger partial charge >= 0.3 is 5.97 Å². The molecule has 0 bridgehead atoms. The Hall–Kier alpha value is -4.26. The van der Waals surface area contributed by atoms with Gasteiger partial charge in [-0.1, -0.05) is 90.0 Å². The summed E-state index contributed by atoms with van der Waals surface area (Å²) in [5, 5.41) is 15.2. The summed E-state index contributed by atoms with van der Waals surface area (Å²) in [5.74, 6) is 0.0721. The molecular formula is C25H21N5O2. The Morgan fingerprint density at radius 1 is 0.969 bits per heavy atom. The maximum atomic E-state index is 13.3. The predicted octanol–water partition coefficient (Wildman–Crippen LogP) is 4.37. The number of benzene rings is 3. The number of hydrogen-bond donors (Lipinski definition) is 1. The van der Waals surface area contributed by atoms with Crippen molar-refractivity contribution in [3.8, 4) is 11.1 Å². The van der Waals surface area contributed by atoms with Crippen molar-refractivity contribution < 1.29 is 9.53 Å². The number of fused-ring (bicyclic) bond motifs is 1. The Kier molecular flexibility index (Phi) is 5.21. The van der Waals surface area contributed by atoms with Crippen LogP contribution in [0.2, 0.25) is 0 Å². The molecule has 1 unspecified atom stereocenters. The number of tetrazole rings is 1. The highest BCUT2D eigenvalue weighted by Crippen LogP contribution is 2.39. The zero-order valence-corrected chi connectivity index (χ0v) is 17.5. The van der Waals surface area contributed by atoms with E-state index >= 15 is 0 Å². The zero-order chi connectivity index (χ0) is 21.9. The largest absolute Gasteiger partial charge is 0.457 e. The summed E-state index contributed by atoms with van der Waals surface area (Å²) in [4.78, 5) is 13.3. The summed E-state index contributed by atoms with van der Waals surface area (Å²) in [6.07, 6.45) is 0. The van der Waals surface area contributed by atoms with Crippen molar-refractivity contribution in [3.05, 3.63) is 107 Å². The van der Waals surface area contributed by atoms with E-state index in [0.717, 1.165) is 22.3 Å². The van der Waals surface area contributed by atoms with E-state index in [1.807, 2.05) is 91.9 Å². The highest BCUT2D eigenvalue weighted by atomic mass is 16.5. The fourth-order valence-corrected chi connectivity index (χ4v) is 3.98. The van der Waals surface area contributed by atoms with Gasteiger partial charge in [0.1, 0.15) is 12.6 Å². The Morgan fingerprint density at radius 3 is 2.44 bits per heavy atom. The third-order valence-electron chi connectivity index (χ3n) is 5.49.